The van der Waals surface area contributed by atoms with Crippen LogP contribution in [0.15, 0.2) is 29.6 Å². The van der Waals surface area contributed by atoms with E-state index in [1.54, 1.807) is 28.4 Å². The summed E-state index contributed by atoms with van der Waals surface area (Å²) in [5.74, 6) is 0.595. The molecule has 122 valence electrons. The lowest BCUT2D eigenvalue weighted by molar-refractivity contribution is 0.0473. The molecule has 0 radical (unpaired) electrons. The number of nitrogens with zero attached hydrogens (tertiary/aromatic N) is 2. The Kier molecular flexibility index (Phi) is 4.93. The molecule has 1 fully saturated rings. The molecule has 23 heavy (non-hydrogen) atoms. The largest absolute Gasteiger partial charge is 0.487 e. The molecule has 0 saturated carbocycles. The highest BCUT2D eigenvalue weighted by Crippen LogP contribution is 2.19. The van der Waals surface area contributed by atoms with E-state index in [2.05, 4.69) is 4.98 Å². The Labute approximate surface area is 139 Å². The highest BCUT2D eigenvalue weighted by atomic mass is 32.1. The number of aliphatic hydroxyl groups excluding tert-OH is 1. The van der Waals surface area contributed by atoms with Gasteiger partial charge >= 0.3 is 0 Å². The molecule has 1 aliphatic rings. The van der Waals surface area contributed by atoms with E-state index in [1.807, 2.05) is 24.4 Å². The van der Waals surface area contributed by atoms with Gasteiger partial charge in [0, 0.05) is 24.0 Å². The van der Waals surface area contributed by atoms with Gasteiger partial charge in [-0.2, -0.15) is 0 Å². The number of carbonyl (C=O) groups is 1. The minimum atomic E-state index is -0.417. The van der Waals surface area contributed by atoms with Gasteiger partial charge in [-0.15, -0.1) is 11.3 Å². The number of benzene rings is 1. The van der Waals surface area contributed by atoms with Crippen LogP contribution in [-0.2, 0) is 6.61 Å². The fourth-order valence-electron chi connectivity index (χ4n) is 2.67. The molecule has 6 heteroatoms. The number of carbonyl (C=O) groups excluding carboxylic acids is 1. The first-order valence-electron chi connectivity index (χ1n) is 7.73. The lowest BCUT2D eigenvalue weighted by atomic mass is 10.1. The van der Waals surface area contributed by atoms with Crippen molar-refractivity contribution < 1.29 is 14.6 Å². The van der Waals surface area contributed by atoms with Crippen LogP contribution in [0.4, 0.5) is 0 Å². The number of piperidine rings is 1. The minimum absolute atomic E-state index is 0.0568. The van der Waals surface area contributed by atoms with Crippen molar-refractivity contribution in [3.63, 3.8) is 0 Å². The van der Waals surface area contributed by atoms with E-state index >= 15 is 0 Å². The van der Waals surface area contributed by atoms with Crippen molar-refractivity contribution in [3.8, 4) is 5.75 Å². The molecule has 1 aromatic carbocycles. The second kappa shape index (κ2) is 7.10. The summed E-state index contributed by atoms with van der Waals surface area (Å²) >= 11 is 1.59. The van der Waals surface area contributed by atoms with Crippen LogP contribution < -0.4 is 4.74 Å². The Morgan fingerprint density at radius 2 is 2.39 bits per heavy atom. The normalized spacial score (nSPS) is 18.0. The molecule has 2 aromatic rings. The van der Waals surface area contributed by atoms with Crippen LogP contribution in [0.5, 0.6) is 5.75 Å². The predicted octanol–water partition coefficient (Wildman–Crippen LogP) is 2.63. The molecular weight excluding hydrogens is 312 g/mol. The third-order valence-electron chi connectivity index (χ3n) is 3.82. The number of aliphatic hydroxyl groups is 1. The zero-order valence-corrected chi connectivity index (χ0v) is 13.9. The number of hydrogen-bond acceptors (Lipinski definition) is 5. The number of aryl methyl sites for hydroxylation is 1. The van der Waals surface area contributed by atoms with Crippen LogP contribution in [0.2, 0.25) is 0 Å². The van der Waals surface area contributed by atoms with Crippen molar-refractivity contribution in [3.05, 3.63) is 45.9 Å². The van der Waals surface area contributed by atoms with Crippen molar-refractivity contribution >= 4 is 17.2 Å². The molecule has 1 N–H and O–H groups in total. The molecule has 1 aromatic heterocycles. The number of ether oxygens (including phenoxy) is 1. The molecule has 1 atom stereocenters. The van der Waals surface area contributed by atoms with Gasteiger partial charge in [0.05, 0.1) is 16.8 Å². The van der Waals surface area contributed by atoms with Gasteiger partial charge in [0.15, 0.2) is 0 Å². The van der Waals surface area contributed by atoms with Crippen molar-refractivity contribution in [2.24, 2.45) is 0 Å². The third kappa shape index (κ3) is 4.09. The molecular formula is C17H20N2O3S. The van der Waals surface area contributed by atoms with Gasteiger partial charge in [-0.05, 0) is 38.0 Å². The quantitative estimate of drug-likeness (QED) is 0.935. The number of aromatic nitrogens is 1. The highest BCUT2D eigenvalue weighted by Gasteiger charge is 2.23. The molecule has 5 nitrogen and oxygen atoms in total. The topological polar surface area (TPSA) is 62.7 Å². The average molecular weight is 332 g/mol. The standard InChI is InChI=1S/C17H20N2O3S/c1-12-18-14(11-23-12)10-22-16-6-2-4-13(8-16)17(21)19-7-3-5-15(20)9-19/h2,4,6,8,11,15,20H,3,5,7,9-10H2,1H3. The third-order valence-corrected chi connectivity index (χ3v) is 4.64. The van der Waals surface area contributed by atoms with E-state index in [0.717, 1.165) is 23.5 Å². The van der Waals surface area contributed by atoms with Gasteiger partial charge in [-0.25, -0.2) is 4.98 Å². The summed E-state index contributed by atoms with van der Waals surface area (Å²) in [6.45, 7) is 3.45. The van der Waals surface area contributed by atoms with Gasteiger partial charge in [0.2, 0.25) is 0 Å². The van der Waals surface area contributed by atoms with Gasteiger partial charge < -0.3 is 14.7 Å². The van der Waals surface area contributed by atoms with Crippen molar-refractivity contribution in [1.29, 1.82) is 0 Å². The molecule has 1 amide bonds. The molecule has 1 saturated heterocycles. The van der Waals surface area contributed by atoms with Crippen LogP contribution in [0, 0.1) is 6.92 Å². The van der Waals surface area contributed by atoms with Crippen LogP contribution in [0.1, 0.15) is 33.9 Å². The zero-order chi connectivity index (χ0) is 16.2. The zero-order valence-electron chi connectivity index (χ0n) is 13.1. The van der Waals surface area contributed by atoms with E-state index < -0.39 is 6.10 Å². The first-order valence-corrected chi connectivity index (χ1v) is 8.61. The SMILES string of the molecule is Cc1nc(COc2cccc(C(=O)N3CCCC(O)C3)c2)cs1. The van der Waals surface area contributed by atoms with E-state index in [0.29, 0.717) is 31.0 Å². The maximum absolute atomic E-state index is 12.5. The van der Waals surface area contributed by atoms with Gasteiger partial charge in [-0.3, -0.25) is 4.79 Å². The Morgan fingerprint density at radius 3 is 3.13 bits per heavy atom. The Balaban J connectivity index is 1.65. The number of rotatable bonds is 4. The van der Waals surface area contributed by atoms with E-state index in [1.165, 1.54) is 0 Å². The molecule has 3 rings (SSSR count). The Morgan fingerprint density at radius 1 is 1.52 bits per heavy atom. The number of β-amino-alcohol motifs (C(OH)–C–C–N with tert-alkyl or cyclic N) is 1. The van der Waals surface area contributed by atoms with Crippen LogP contribution >= 0.6 is 11.3 Å². The van der Waals surface area contributed by atoms with E-state index in [4.69, 9.17) is 4.74 Å². The van der Waals surface area contributed by atoms with Gasteiger partial charge in [0.1, 0.15) is 12.4 Å². The van der Waals surface area contributed by atoms with Gasteiger partial charge in [0.25, 0.3) is 5.91 Å². The lowest BCUT2D eigenvalue weighted by Gasteiger charge is -2.30. The monoisotopic (exact) mass is 332 g/mol. The summed E-state index contributed by atoms with van der Waals surface area (Å²) in [4.78, 5) is 18.6. The second-order valence-electron chi connectivity index (χ2n) is 5.72. The fraction of sp³-hybridized carbons (Fsp3) is 0.412. The van der Waals surface area contributed by atoms with Crippen molar-refractivity contribution in [2.45, 2.75) is 32.5 Å². The Bertz CT molecular complexity index is 686. The van der Waals surface area contributed by atoms with Crippen LogP contribution in [-0.4, -0.2) is 40.1 Å². The van der Waals surface area contributed by atoms with Gasteiger partial charge in [-0.1, -0.05) is 6.07 Å². The smallest absolute Gasteiger partial charge is 0.254 e. The highest BCUT2D eigenvalue weighted by molar-refractivity contribution is 7.09. The summed E-state index contributed by atoms with van der Waals surface area (Å²) < 4.78 is 5.73. The summed E-state index contributed by atoms with van der Waals surface area (Å²) in [5.41, 5.74) is 1.48. The molecule has 1 aliphatic heterocycles. The maximum Gasteiger partial charge on any atom is 0.254 e. The minimum Gasteiger partial charge on any atom is -0.487 e. The molecule has 2 heterocycles. The summed E-state index contributed by atoms with van der Waals surface area (Å²) in [6, 6.07) is 7.18. The first-order chi connectivity index (χ1) is 11.1. The van der Waals surface area contributed by atoms with E-state index in [-0.39, 0.29) is 5.91 Å². The molecule has 0 spiro atoms. The number of amides is 1. The maximum atomic E-state index is 12.5. The fourth-order valence-corrected chi connectivity index (χ4v) is 3.27. The number of thiazole rings is 1. The van der Waals surface area contributed by atoms with E-state index in [9.17, 15) is 9.90 Å². The Hall–Kier alpha value is -1.92. The molecule has 1 unspecified atom stereocenters. The first kappa shape index (κ1) is 16.0. The van der Waals surface area contributed by atoms with Crippen LogP contribution in [0.3, 0.4) is 0 Å². The molecule has 0 bridgehead atoms. The predicted molar refractivity (Wildman–Crippen MR) is 88.8 cm³/mol. The number of hydrogen-bond donors (Lipinski definition) is 1. The second-order valence-corrected chi connectivity index (χ2v) is 6.78. The molecule has 0 aliphatic carbocycles. The summed E-state index contributed by atoms with van der Waals surface area (Å²) in [6.07, 6.45) is 1.19. The average Bonchev–Trinajstić information content (AvgIpc) is 2.98. The lowest BCUT2D eigenvalue weighted by Crippen LogP contribution is -2.42. The number of likely N-dealkylation sites (tertiary alicyclic amines) is 1. The summed E-state index contributed by atoms with van der Waals surface area (Å²) in [7, 11) is 0. The van der Waals surface area contributed by atoms with Crippen molar-refractivity contribution in [1.82, 2.24) is 9.88 Å². The van der Waals surface area contributed by atoms with Crippen LogP contribution in [0.25, 0.3) is 0 Å². The van der Waals surface area contributed by atoms with Crippen molar-refractivity contribution in [2.75, 3.05) is 13.1 Å². The summed E-state index contributed by atoms with van der Waals surface area (Å²) in [5, 5.41) is 12.7.